The largest absolute Gasteiger partial charge is 0.700 e. The summed E-state index contributed by atoms with van der Waals surface area (Å²) < 4.78 is 77.5. The van der Waals surface area contributed by atoms with E-state index in [-0.39, 0.29) is 11.3 Å². The Kier molecular flexibility index (Phi) is 6.65. The van der Waals surface area contributed by atoms with Gasteiger partial charge in [-0.3, -0.25) is 4.49 Å². The fraction of sp³-hybridized carbons (Fsp3) is 0.233. The summed E-state index contributed by atoms with van der Waals surface area (Å²) in [4.78, 5) is 0. The Morgan fingerprint density at radius 2 is 1.44 bits per heavy atom. The monoisotopic (exact) mass is 536 g/mol. The lowest BCUT2D eigenvalue weighted by molar-refractivity contribution is -0.314. The van der Waals surface area contributed by atoms with Crippen LogP contribution in [-0.4, -0.2) is 27.3 Å². The van der Waals surface area contributed by atoms with Gasteiger partial charge in [-0.2, -0.15) is 0 Å². The van der Waals surface area contributed by atoms with Crippen LogP contribution in [0.2, 0.25) is 0 Å². The third kappa shape index (κ3) is 3.89. The van der Waals surface area contributed by atoms with Gasteiger partial charge in [-0.05, 0) is 68.5 Å². The summed E-state index contributed by atoms with van der Waals surface area (Å²) in [5, 5.41) is 9.61. The van der Waals surface area contributed by atoms with E-state index in [4.69, 9.17) is 0 Å². The predicted molar refractivity (Wildman–Crippen MR) is 142 cm³/mol. The Bertz CT molecular complexity index is 1650. The highest BCUT2D eigenvalue weighted by Gasteiger charge is 2.46. The lowest BCUT2D eigenvalue weighted by Gasteiger charge is -2.21. The second kappa shape index (κ2) is 9.70. The molecule has 0 spiro atoms. The summed E-state index contributed by atoms with van der Waals surface area (Å²) in [5.74, 6) is -9.74. The van der Waals surface area contributed by atoms with Gasteiger partial charge in [0.25, 0.3) is 0 Å². The molecular weight excluding hydrogens is 510 g/mol. The Morgan fingerprint density at radius 3 is 2.00 bits per heavy atom. The van der Waals surface area contributed by atoms with Crippen LogP contribution in [0.5, 0.6) is 5.75 Å². The number of fused-ring (bicyclic) bond motifs is 2. The molecule has 0 bridgehead atoms. The van der Waals surface area contributed by atoms with Gasteiger partial charge in [0.2, 0.25) is 5.82 Å². The van der Waals surface area contributed by atoms with E-state index < -0.39 is 34.6 Å². The number of aromatic nitrogens is 1. The number of allylic oxidation sites excluding steroid dienone is 3. The van der Waals surface area contributed by atoms with Gasteiger partial charge < -0.3 is 9.58 Å². The van der Waals surface area contributed by atoms with Crippen LogP contribution in [-0.2, 0) is 6.42 Å². The van der Waals surface area contributed by atoms with E-state index in [2.05, 4.69) is 0 Å². The number of aromatic hydroxyl groups is 1. The molecule has 0 unspecified atom stereocenters. The molecule has 0 saturated heterocycles. The van der Waals surface area contributed by atoms with Crippen LogP contribution in [0.15, 0.2) is 47.2 Å². The van der Waals surface area contributed by atoms with Crippen molar-refractivity contribution in [2.45, 2.75) is 47.5 Å². The molecule has 3 aromatic rings. The number of phenols is 1. The Labute approximate surface area is 224 Å². The molecule has 1 radical (unpaired) electrons. The summed E-state index contributed by atoms with van der Waals surface area (Å²) in [7, 11) is 1.81. The lowest BCUT2D eigenvalue weighted by Crippen LogP contribution is -2.33. The van der Waals surface area contributed by atoms with Crippen molar-refractivity contribution in [2.75, 3.05) is 0 Å². The van der Waals surface area contributed by atoms with Crippen molar-refractivity contribution in [1.82, 2.24) is 4.48 Å². The van der Waals surface area contributed by atoms with Gasteiger partial charge in [0, 0.05) is 22.9 Å². The summed E-state index contributed by atoms with van der Waals surface area (Å²) >= 11 is 0. The SMILES string of the molecule is CCC1=C(C)C2=C(c3c(F)c(F)c(F)c(F)c3F)c3c(C)c(CC)c(C)n3[B][N+]2=C1/C=C/c1ccc(O)cc1. The topological polar surface area (TPSA) is 28.2 Å². The van der Waals surface area contributed by atoms with E-state index in [1.165, 1.54) is 0 Å². The zero-order chi connectivity index (χ0) is 28.3. The molecule has 3 heterocycles. The minimum absolute atomic E-state index is 0.0397. The highest BCUT2D eigenvalue weighted by Crippen LogP contribution is 2.44. The molecule has 0 atom stereocenters. The molecule has 2 aromatic carbocycles. The molecular formula is C30H26BF5N2O+. The Morgan fingerprint density at radius 1 is 0.846 bits per heavy atom. The van der Waals surface area contributed by atoms with Crippen molar-refractivity contribution < 1.29 is 31.5 Å². The quantitative estimate of drug-likeness (QED) is 0.160. The molecule has 199 valence electrons. The average Bonchev–Trinajstić information content (AvgIpc) is 3.34. The second-order valence-corrected chi connectivity index (χ2v) is 9.68. The molecule has 39 heavy (non-hydrogen) atoms. The maximum absolute atomic E-state index is 15.4. The Balaban J connectivity index is 1.90. The average molecular weight is 536 g/mol. The zero-order valence-electron chi connectivity index (χ0n) is 22.2. The van der Waals surface area contributed by atoms with E-state index in [0.29, 0.717) is 35.5 Å². The van der Waals surface area contributed by atoms with Crippen molar-refractivity contribution in [3.05, 3.63) is 110 Å². The highest BCUT2D eigenvalue weighted by molar-refractivity contribution is 6.31. The number of phenolic OH excluding ortho intramolecular Hbond substituents is 1. The van der Waals surface area contributed by atoms with E-state index in [9.17, 15) is 18.3 Å². The number of nitrogens with zero attached hydrogens (tertiary/aromatic N) is 2. The number of benzene rings is 2. The predicted octanol–water partition coefficient (Wildman–Crippen LogP) is 7.13. The Hall–Kier alpha value is -3.88. The summed E-state index contributed by atoms with van der Waals surface area (Å²) in [6.45, 7) is 9.36. The molecule has 0 fully saturated rings. The zero-order valence-corrected chi connectivity index (χ0v) is 22.2. The summed E-state index contributed by atoms with van der Waals surface area (Å²) in [5.41, 5.74) is 5.33. The van der Waals surface area contributed by atoms with Gasteiger partial charge in [0.15, 0.2) is 34.7 Å². The smallest absolute Gasteiger partial charge is 0.508 e. The van der Waals surface area contributed by atoms with Gasteiger partial charge in [0.1, 0.15) is 5.75 Å². The fourth-order valence-corrected chi connectivity index (χ4v) is 5.77. The molecule has 5 rings (SSSR count). The number of hydrogen-bond acceptors (Lipinski definition) is 1. The first-order valence-electron chi connectivity index (χ1n) is 12.7. The third-order valence-corrected chi connectivity index (χ3v) is 7.66. The van der Waals surface area contributed by atoms with Crippen molar-refractivity contribution >= 4 is 24.9 Å². The molecule has 0 saturated carbocycles. The van der Waals surface area contributed by atoms with Crippen LogP contribution in [0.3, 0.4) is 0 Å². The van der Waals surface area contributed by atoms with Crippen LogP contribution in [0.1, 0.15) is 60.8 Å². The molecule has 1 aromatic heterocycles. The van der Waals surface area contributed by atoms with Crippen LogP contribution in [0.25, 0.3) is 11.6 Å². The van der Waals surface area contributed by atoms with E-state index >= 15 is 8.78 Å². The number of hydrogen-bond donors (Lipinski definition) is 1. The van der Waals surface area contributed by atoms with Crippen molar-refractivity contribution in [3.8, 4) is 5.75 Å². The lowest BCUT2D eigenvalue weighted by atomic mass is 9.88. The maximum atomic E-state index is 15.4. The van der Waals surface area contributed by atoms with Crippen molar-refractivity contribution in [2.24, 2.45) is 0 Å². The van der Waals surface area contributed by atoms with Gasteiger partial charge in [-0.25, -0.2) is 22.0 Å². The first-order chi connectivity index (χ1) is 18.5. The van der Waals surface area contributed by atoms with E-state index in [1.54, 1.807) is 47.1 Å². The van der Waals surface area contributed by atoms with E-state index in [1.807, 2.05) is 40.5 Å². The minimum atomic E-state index is -2.19. The van der Waals surface area contributed by atoms with Crippen molar-refractivity contribution in [3.63, 3.8) is 0 Å². The van der Waals surface area contributed by atoms with Gasteiger partial charge in [0.05, 0.1) is 16.8 Å². The van der Waals surface area contributed by atoms with Gasteiger partial charge in [-0.1, -0.05) is 26.0 Å². The van der Waals surface area contributed by atoms with Crippen molar-refractivity contribution in [1.29, 1.82) is 0 Å². The minimum Gasteiger partial charge on any atom is -0.508 e. The number of rotatable bonds is 5. The van der Waals surface area contributed by atoms with Crippen LogP contribution in [0.4, 0.5) is 22.0 Å². The molecule has 0 amide bonds. The molecule has 1 N–H and O–H groups in total. The normalized spacial score (nSPS) is 15.0. The summed E-state index contributed by atoms with van der Waals surface area (Å²) in [6.07, 6.45) is 4.88. The summed E-state index contributed by atoms with van der Waals surface area (Å²) in [6, 6.07) is 6.60. The fourth-order valence-electron chi connectivity index (χ4n) is 5.77. The standard InChI is InChI=1S/C30H26BF5N2O/c1-6-19-14(3)29-23(22-24(32)26(34)28(36)27(35)25(22)33)30-15(4)20(7-2)21(38(30)31-37(29)16(19)5)13-10-17-8-11-18(39)12-9-17/h8-13,39H,6-7H2,1-5H3/q+1/b13-10+. The van der Waals surface area contributed by atoms with Crippen LogP contribution < -0.4 is 0 Å². The van der Waals surface area contributed by atoms with E-state index in [0.717, 1.165) is 28.0 Å². The molecule has 9 heteroatoms. The molecule has 0 aliphatic carbocycles. The number of halogens is 5. The second-order valence-electron chi connectivity index (χ2n) is 9.68. The first kappa shape index (κ1) is 26.7. The third-order valence-electron chi connectivity index (χ3n) is 7.66. The van der Waals surface area contributed by atoms with Crippen LogP contribution >= 0.6 is 0 Å². The van der Waals surface area contributed by atoms with Gasteiger partial charge >= 0.3 is 7.55 Å². The molecule has 2 aliphatic rings. The highest BCUT2D eigenvalue weighted by atomic mass is 19.2. The first-order valence-corrected chi connectivity index (χ1v) is 12.7. The van der Waals surface area contributed by atoms with Crippen LogP contribution in [0, 0.1) is 42.9 Å². The maximum Gasteiger partial charge on any atom is 0.700 e. The van der Waals surface area contributed by atoms with Gasteiger partial charge in [-0.15, -0.1) is 0 Å². The molecule has 2 aliphatic heterocycles. The molecule has 3 nitrogen and oxygen atoms in total.